The summed E-state index contributed by atoms with van der Waals surface area (Å²) in [6.07, 6.45) is 0. The van der Waals surface area contributed by atoms with E-state index in [1.165, 1.54) is 0 Å². The molecular formula is C19H16BrN3O2S. The van der Waals surface area contributed by atoms with Gasteiger partial charge in [0.05, 0.1) is 22.9 Å². The number of hydrogen-bond acceptors (Lipinski definition) is 3. The molecule has 5 nitrogen and oxygen atoms in total. The van der Waals surface area contributed by atoms with Crippen molar-refractivity contribution in [2.45, 2.75) is 18.4 Å². The van der Waals surface area contributed by atoms with Crippen LogP contribution in [0.25, 0.3) is 5.69 Å². The van der Waals surface area contributed by atoms with Crippen LogP contribution in [0.1, 0.15) is 27.2 Å². The first-order valence-corrected chi connectivity index (χ1v) is 10.4. The van der Waals surface area contributed by atoms with Crippen LogP contribution in [0, 0.1) is 6.92 Å². The van der Waals surface area contributed by atoms with Gasteiger partial charge in [-0.2, -0.15) is 5.10 Å². The summed E-state index contributed by atoms with van der Waals surface area (Å²) in [6, 6.07) is 15.1. The summed E-state index contributed by atoms with van der Waals surface area (Å²) in [4.78, 5) is 12.8. The monoisotopic (exact) mass is 429 g/mol. The molecule has 0 radical (unpaired) electrons. The lowest BCUT2D eigenvalue weighted by Gasteiger charge is -2.13. The number of nitrogens with zero attached hydrogens (tertiary/aromatic N) is 2. The van der Waals surface area contributed by atoms with Crippen LogP contribution in [-0.4, -0.2) is 19.9 Å². The van der Waals surface area contributed by atoms with Crippen LogP contribution in [-0.2, 0) is 22.3 Å². The molecule has 26 heavy (non-hydrogen) atoms. The Bertz CT molecular complexity index is 1050. The van der Waals surface area contributed by atoms with Crippen molar-refractivity contribution in [2.24, 2.45) is 0 Å². The van der Waals surface area contributed by atoms with Crippen LogP contribution in [0.4, 0.5) is 5.82 Å². The Morgan fingerprint density at radius 2 is 2.00 bits per heavy atom. The SMILES string of the molecule is Cc1ccccc1-n1nc2c(c1NC(=O)c1cccc(Br)c1)C[S@@](=O)C2. The molecular weight excluding hydrogens is 414 g/mol. The van der Waals surface area contributed by atoms with Gasteiger partial charge in [-0.3, -0.25) is 9.00 Å². The van der Waals surface area contributed by atoms with Gasteiger partial charge in [0, 0.05) is 26.4 Å². The second kappa shape index (κ2) is 6.81. The van der Waals surface area contributed by atoms with Crippen molar-refractivity contribution in [3.8, 4) is 5.69 Å². The van der Waals surface area contributed by atoms with Crippen LogP contribution in [0.15, 0.2) is 53.0 Å². The average Bonchev–Trinajstić information content (AvgIpc) is 3.12. The molecule has 1 aromatic heterocycles. The van der Waals surface area contributed by atoms with E-state index in [0.717, 1.165) is 27.0 Å². The fourth-order valence-corrected chi connectivity index (χ4v) is 4.70. The maximum Gasteiger partial charge on any atom is 0.256 e. The van der Waals surface area contributed by atoms with E-state index in [9.17, 15) is 9.00 Å². The first kappa shape index (κ1) is 17.2. The summed E-state index contributed by atoms with van der Waals surface area (Å²) in [7, 11) is -0.966. The number of carbonyl (C=O) groups excluding carboxylic acids is 1. The normalized spacial score (nSPS) is 15.7. The first-order valence-electron chi connectivity index (χ1n) is 8.11. The van der Waals surface area contributed by atoms with E-state index in [1.54, 1.807) is 16.8 Å². The van der Waals surface area contributed by atoms with Gasteiger partial charge in [-0.15, -0.1) is 0 Å². The van der Waals surface area contributed by atoms with Gasteiger partial charge in [-0.1, -0.05) is 40.2 Å². The number of amides is 1. The van der Waals surface area contributed by atoms with Gasteiger partial charge in [-0.05, 0) is 36.8 Å². The molecule has 0 fully saturated rings. The molecule has 0 saturated heterocycles. The lowest BCUT2D eigenvalue weighted by atomic mass is 10.2. The summed E-state index contributed by atoms with van der Waals surface area (Å²) in [5, 5.41) is 7.62. The first-order chi connectivity index (χ1) is 12.5. The number of rotatable bonds is 3. The van der Waals surface area contributed by atoms with E-state index < -0.39 is 10.8 Å². The van der Waals surface area contributed by atoms with Gasteiger partial charge in [0.25, 0.3) is 5.91 Å². The quantitative estimate of drug-likeness (QED) is 0.684. The number of aromatic nitrogens is 2. The highest BCUT2D eigenvalue weighted by molar-refractivity contribution is 9.10. The highest BCUT2D eigenvalue weighted by Crippen LogP contribution is 2.32. The molecule has 3 aromatic rings. The van der Waals surface area contributed by atoms with Crippen molar-refractivity contribution in [2.75, 3.05) is 5.32 Å². The zero-order valence-corrected chi connectivity index (χ0v) is 16.4. The Balaban J connectivity index is 1.78. The van der Waals surface area contributed by atoms with E-state index in [1.807, 2.05) is 43.3 Å². The molecule has 4 rings (SSSR count). The summed E-state index contributed by atoms with van der Waals surface area (Å²) < 4.78 is 14.6. The number of benzene rings is 2. The van der Waals surface area contributed by atoms with Gasteiger partial charge < -0.3 is 5.32 Å². The molecule has 0 unspecified atom stereocenters. The molecule has 1 N–H and O–H groups in total. The third kappa shape index (κ3) is 3.12. The average molecular weight is 430 g/mol. The molecule has 2 heterocycles. The van der Waals surface area contributed by atoms with Crippen LogP contribution in [0.3, 0.4) is 0 Å². The van der Waals surface area contributed by atoms with Crippen LogP contribution in [0.2, 0.25) is 0 Å². The van der Waals surface area contributed by atoms with Crippen LogP contribution in [0.5, 0.6) is 0 Å². The topological polar surface area (TPSA) is 64.0 Å². The maximum atomic E-state index is 12.8. The Labute approximate surface area is 162 Å². The standard InChI is InChI=1S/C19H16BrN3O2S/c1-12-5-2-3-8-17(12)23-18(15-10-26(25)11-16(15)22-23)21-19(24)13-6-4-7-14(20)9-13/h2-9H,10-11H2,1H3,(H,21,24)/t26-/m1/s1. The second-order valence-electron chi connectivity index (χ2n) is 6.17. The third-order valence-corrected chi connectivity index (χ3v) is 6.03. The Hall–Kier alpha value is -2.25. The zero-order valence-electron chi connectivity index (χ0n) is 14.0. The number of fused-ring (bicyclic) bond motifs is 1. The number of nitrogens with one attached hydrogen (secondary N) is 1. The maximum absolute atomic E-state index is 12.8. The molecule has 1 amide bonds. The van der Waals surface area contributed by atoms with Gasteiger partial charge in [0.1, 0.15) is 5.82 Å². The van der Waals surface area contributed by atoms with Crippen LogP contribution >= 0.6 is 15.9 Å². The third-order valence-electron chi connectivity index (χ3n) is 4.33. The summed E-state index contributed by atoms with van der Waals surface area (Å²) in [6.45, 7) is 2.00. The predicted octanol–water partition coefficient (Wildman–Crippen LogP) is 3.96. The van der Waals surface area contributed by atoms with Crippen LogP contribution < -0.4 is 5.32 Å². The van der Waals surface area contributed by atoms with E-state index in [0.29, 0.717) is 22.9 Å². The fourth-order valence-electron chi connectivity index (χ4n) is 3.04. The molecule has 2 aromatic carbocycles. The minimum Gasteiger partial charge on any atom is -0.306 e. The number of anilines is 1. The van der Waals surface area contributed by atoms with Gasteiger partial charge in [-0.25, -0.2) is 4.68 Å². The van der Waals surface area contributed by atoms with E-state index in [-0.39, 0.29) is 5.91 Å². The van der Waals surface area contributed by atoms with Crippen molar-refractivity contribution in [3.05, 3.63) is 75.4 Å². The zero-order chi connectivity index (χ0) is 18.3. The minimum absolute atomic E-state index is 0.221. The smallest absolute Gasteiger partial charge is 0.256 e. The number of carbonyl (C=O) groups is 1. The molecule has 0 aliphatic carbocycles. The molecule has 1 aliphatic heterocycles. The molecule has 1 aliphatic rings. The van der Waals surface area contributed by atoms with Crippen molar-refractivity contribution in [1.29, 1.82) is 0 Å². The molecule has 0 saturated carbocycles. The fraction of sp³-hybridized carbons (Fsp3) is 0.158. The Kier molecular flexibility index (Phi) is 4.50. The molecule has 7 heteroatoms. The number of para-hydroxylation sites is 1. The number of hydrogen-bond donors (Lipinski definition) is 1. The predicted molar refractivity (Wildman–Crippen MR) is 106 cm³/mol. The van der Waals surface area contributed by atoms with E-state index in [2.05, 4.69) is 26.3 Å². The summed E-state index contributed by atoms with van der Waals surface area (Å²) in [5.74, 6) is 1.22. The molecule has 1 atom stereocenters. The lowest BCUT2D eigenvalue weighted by molar-refractivity contribution is 0.102. The van der Waals surface area contributed by atoms with E-state index in [4.69, 9.17) is 0 Å². The largest absolute Gasteiger partial charge is 0.306 e. The van der Waals surface area contributed by atoms with E-state index >= 15 is 0 Å². The number of halogens is 1. The molecule has 132 valence electrons. The van der Waals surface area contributed by atoms with Crippen molar-refractivity contribution in [1.82, 2.24) is 9.78 Å². The van der Waals surface area contributed by atoms with Gasteiger partial charge >= 0.3 is 0 Å². The van der Waals surface area contributed by atoms with Crippen molar-refractivity contribution >= 4 is 38.5 Å². The minimum atomic E-state index is -0.966. The molecule has 0 spiro atoms. The Morgan fingerprint density at radius 1 is 1.19 bits per heavy atom. The highest BCUT2D eigenvalue weighted by Gasteiger charge is 2.28. The van der Waals surface area contributed by atoms with Gasteiger partial charge in [0.2, 0.25) is 0 Å². The second-order valence-corrected chi connectivity index (χ2v) is 8.54. The highest BCUT2D eigenvalue weighted by atomic mass is 79.9. The van der Waals surface area contributed by atoms with Crippen molar-refractivity contribution < 1.29 is 9.00 Å². The molecule has 0 bridgehead atoms. The summed E-state index contributed by atoms with van der Waals surface area (Å²) in [5.41, 5.74) is 4.14. The Morgan fingerprint density at radius 3 is 2.77 bits per heavy atom. The van der Waals surface area contributed by atoms with Crippen molar-refractivity contribution in [3.63, 3.8) is 0 Å². The number of aryl methyl sites for hydroxylation is 1. The van der Waals surface area contributed by atoms with Gasteiger partial charge in [0.15, 0.2) is 0 Å². The summed E-state index contributed by atoms with van der Waals surface area (Å²) >= 11 is 3.39. The lowest BCUT2D eigenvalue weighted by Crippen LogP contribution is -2.17.